The van der Waals surface area contributed by atoms with E-state index in [1.165, 1.54) is 0 Å². The van der Waals surface area contributed by atoms with Crippen LogP contribution in [0, 0.1) is 0 Å². The zero-order chi connectivity index (χ0) is 18.6. The molecule has 0 aliphatic heterocycles. The fraction of sp³-hybridized carbons (Fsp3) is 0. The third kappa shape index (κ3) is 3.48. The minimum Gasteiger partial charge on any atom is -0.423 e. The van der Waals surface area contributed by atoms with Crippen LogP contribution in [0.4, 0.5) is 0 Å². The summed E-state index contributed by atoms with van der Waals surface area (Å²) in [7, 11) is 0. The summed E-state index contributed by atoms with van der Waals surface area (Å²) in [6, 6.07) is 28.9. The van der Waals surface area contributed by atoms with Crippen molar-refractivity contribution in [2.75, 3.05) is 0 Å². The molecule has 4 rings (SSSR count). The summed E-state index contributed by atoms with van der Waals surface area (Å²) in [5.41, 5.74) is 1.11. The molecular weight excluding hydrogens is 336 g/mol. The van der Waals surface area contributed by atoms with E-state index < -0.39 is 5.97 Å². The van der Waals surface area contributed by atoms with Crippen molar-refractivity contribution in [2.24, 2.45) is 0 Å². The van der Waals surface area contributed by atoms with Crippen LogP contribution in [0.15, 0.2) is 97.1 Å². The second-order valence-corrected chi connectivity index (χ2v) is 6.14. The third-order valence-corrected chi connectivity index (χ3v) is 4.36. The molecule has 3 nitrogen and oxygen atoms in total. The molecule has 27 heavy (non-hydrogen) atoms. The van der Waals surface area contributed by atoms with Crippen molar-refractivity contribution >= 4 is 22.5 Å². The van der Waals surface area contributed by atoms with E-state index in [0.29, 0.717) is 16.9 Å². The topological polar surface area (TPSA) is 43.4 Å². The largest absolute Gasteiger partial charge is 0.423 e. The molecule has 0 fully saturated rings. The van der Waals surface area contributed by atoms with Crippen molar-refractivity contribution < 1.29 is 14.3 Å². The normalized spacial score (nSPS) is 10.5. The van der Waals surface area contributed by atoms with Crippen LogP contribution in [-0.2, 0) is 0 Å². The highest BCUT2D eigenvalue weighted by molar-refractivity contribution is 6.14. The highest BCUT2D eigenvalue weighted by atomic mass is 16.5. The Morgan fingerprint density at radius 2 is 1.22 bits per heavy atom. The number of ether oxygens (including phenoxy) is 1. The summed E-state index contributed by atoms with van der Waals surface area (Å²) in [6.07, 6.45) is 0. The van der Waals surface area contributed by atoms with Crippen LogP contribution in [0.3, 0.4) is 0 Å². The Hall–Kier alpha value is -3.72. The Kier molecular flexibility index (Phi) is 4.50. The highest BCUT2D eigenvalue weighted by Gasteiger charge is 2.19. The van der Waals surface area contributed by atoms with Crippen LogP contribution >= 0.6 is 0 Å². The van der Waals surface area contributed by atoms with Gasteiger partial charge < -0.3 is 4.74 Å². The van der Waals surface area contributed by atoms with Crippen LogP contribution in [0.2, 0.25) is 0 Å². The highest BCUT2D eigenvalue weighted by Crippen LogP contribution is 2.22. The van der Waals surface area contributed by atoms with Crippen molar-refractivity contribution in [3.63, 3.8) is 0 Å². The van der Waals surface area contributed by atoms with Gasteiger partial charge in [-0.3, -0.25) is 4.79 Å². The zero-order valence-electron chi connectivity index (χ0n) is 14.5. The van der Waals surface area contributed by atoms with Crippen LogP contribution in [0.5, 0.6) is 5.75 Å². The van der Waals surface area contributed by atoms with Gasteiger partial charge in [-0.25, -0.2) is 4.79 Å². The molecule has 0 spiro atoms. The lowest BCUT2D eigenvalue weighted by atomic mass is 9.98. The van der Waals surface area contributed by atoms with Gasteiger partial charge in [0.1, 0.15) is 5.75 Å². The fourth-order valence-electron chi connectivity index (χ4n) is 3.00. The van der Waals surface area contributed by atoms with Gasteiger partial charge in [0, 0.05) is 11.1 Å². The van der Waals surface area contributed by atoms with Crippen molar-refractivity contribution in [3.05, 3.63) is 114 Å². The van der Waals surface area contributed by atoms with Gasteiger partial charge in [-0.2, -0.15) is 0 Å². The van der Waals surface area contributed by atoms with E-state index >= 15 is 0 Å². The second-order valence-electron chi connectivity index (χ2n) is 6.14. The molecule has 0 saturated carbocycles. The summed E-state index contributed by atoms with van der Waals surface area (Å²) in [5.74, 6) is -0.313. The van der Waals surface area contributed by atoms with Crippen molar-refractivity contribution in [2.45, 2.75) is 0 Å². The van der Waals surface area contributed by atoms with Gasteiger partial charge in [0.2, 0.25) is 0 Å². The minimum absolute atomic E-state index is 0.207. The van der Waals surface area contributed by atoms with E-state index in [2.05, 4.69) is 0 Å². The number of esters is 1. The van der Waals surface area contributed by atoms with Crippen molar-refractivity contribution in [1.82, 2.24) is 0 Å². The van der Waals surface area contributed by atoms with E-state index in [1.54, 1.807) is 54.6 Å². The molecule has 0 saturated heterocycles. The Labute approximate surface area is 156 Å². The maximum Gasteiger partial charge on any atom is 0.344 e. The minimum atomic E-state index is -0.551. The molecule has 130 valence electrons. The quantitative estimate of drug-likeness (QED) is 0.285. The molecule has 4 aromatic carbocycles. The van der Waals surface area contributed by atoms with Crippen LogP contribution < -0.4 is 4.74 Å². The summed E-state index contributed by atoms with van der Waals surface area (Å²) < 4.78 is 5.54. The van der Waals surface area contributed by atoms with Gasteiger partial charge in [-0.15, -0.1) is 0 Å². The molecule has 0 heterocycles. The maximum atomic E-state index is 12.8. The number of hydrogen-bond donors (Lipinski definition) is 0. The lowest BCUT2D eigenvalue weighted by Gasteiger charge is -2.09. The van der Waals surface area contributed by atoms with Crippen molar-refractivity contribution in [1.29, 1.82) is 0 Å². The number of rotatable bonds is 4. The van der Waals surface area contributed by atoms with Crippen LogP contribution in [0.1, 0.15) is 26.3 Å². The fourth-order valence-corrected chi connectivity index (χ4v) is 3.00. The number of fused-ring (bicyclic) bond motifs is 1. The Morgan fingerprint density at radius 3 is 2.00 bits per heavy atom. The van der Waals surface area contributed by atoms with E-state index in [-0.39, 0.29) is 11.3 Å². The molecule has 0 atom stereocenters. The predicted molar refractivity (Wildman–Crippen MR) is 105 cm³/mol. The molecule has 0 amide bonds. The lowest BCUT2D eigenvalue weighted by molar-refractivity contribution is 0.0730. The number of carbonyl (C=O) groups is 2. The smallest absolute Gasteiger partial charge is 0.344 e. The van der Waals surface area contributed by atoms with Gasteiger partial charge in [-0.1, -0.05) is 78.9 Å². The molecule has 0 unspecified atom stereocenters. The van der Waals surface area contributed by atoms with E-state index in [9.17, 15) is 9.59 Å². The molecule has 3 heteroatoms. The lowest BCUT2D eigenvalue weighted by Crippen LogP contribution is -2.14. The van der Waals surface area contributed by atoms with Gasteiger partial charge in [0.05, 0.1) is 5.56 Å². The standard InChI is InChI=1S/C24H16O3/c25-23(18-9-2-1-3-10-18)21-12-6-7-13-22(21)24(26)27-20-15-14-17-8-4-5-11-19(17)16-20/h1-16H. The number of benzene rings is 4. The summed E-state index contributed by atoms with van der Waals surface area (Å²) in [4.78, 5) is 25.5. The Morgan fingerprint density at radius 1 is 0.593 bits per heavy atom. The maximum absolute atomic E-state index is 12.8. The predicted octanol–water partition coefficient (Wildman–Crippen LogP) is 5.29. The monoisotopic (exact) mass is 352 g/mol. The number of ketones is 1. The first-order valence-electron chi connectivity index (χ1n) is 8.62. The second kappa shape index (κ2) is 7.26. The number of hydrogen-bond acceptors (Lipinski definition) is 3. The van der Waals surface area contributed by atoms with Crippen molar-refractivity contribution in [3.8, 4) is 5.75 Å². The molecular formula is C24H16O3. The zero-order valence-corrected chi connectivity index (χ0v) is 14.5. The molecule has 4 aromatic rings. The average molecular weight is 352 g/mol. The first-order chi connectivity index (χ1) is 13.2. The van der Waals surface area contributed by atoms with Crippen LogP contribution in [0.25, 0.3) is 10.8 Å². The van der Waals surface area contributed by atoms with E-state index in [4.69, 9.17) is 4.74 Å². The van der Waals surface area contributed by atoms with Crippen LogP contribution in [-0.4, -0.2) is 11.8 Å². The SMILES string of the molecule is O=C(Oc1ccc2ccccc2c1)c1ccccc1C(=O)c1ccccc1. The third-order valence-electron chi connectivity index (χ3n) is 4.36. The summed E-state index contributed by atoms with van der Waals surface area (Å²) in [5, 5.41) is 2.05. The van der Waals surface area contributed by atoms with Gasteiger partial charge in [-0.05, 0) is 29.0 Å². The van der Waals surface area contributed by atoms with Gasteiger partial charge in [0.25, 0.3) is 0 Å². The van der Waals surface area contributed by atoms with Gasteiger partial charge in [0.15, 0.2) is 5.78 Å². The van der Waals surface area contributed by atoms with E-state index in [1.807, 2.05) is 42.5 Å². The first-order valence-corrected chi connectivity index (χ1v) is 8.62. The van der Waals surface area contributed by atoms with E-state index in [0.717, 1.165) is 10.8 Å². The molecule has 0 aliphatic rings. The first kappa shape index (κ1) is 16.7. The average Bonchev–Trinajstić information content (AvgIpc) is 2.73. The number of carbonyl (C=O) groups excluding carboxylic acids is 2. The molecule has 0 aliphatic carbocycles. The Balaban J connectivity index is 1.65. The molecule has 0 aromatic heterocycles. The molecule has 0 radical (unpaired) electrons. The van der Waals surface area contributed by atoms with Gasteiger partial charge >= 0.3 is 5.97 Å². The Bertz CT molecular complexity index is 1130. The molecule has 0 N–H and O–H groups in total. The summed E-state index contributed by atoms with van der Waals surface area (Å²) in [6.45, 7) is 0. The summed E-state index contributed by atoms with van der Waals surface area (Å²) >= 11 is 0. The molecule has 0 bridgehead atoms.